The molecule has 1 aliphatic rings. The van der Waals surface area contributed by atoms with Crippen LogP contribution in [0.4, 0.5) is 0 Å². The first-order chi connectivity index (χ1) is 21.9. The fraction of sp³-hybridized carbons (Fsp3) is 0.389. The standard InChI is InChI=1S/C36H44N2O7Si/c1-35(2,3)46(6,7)45-33-32(40)30(44-34(33)38-22-21-31(39)37-24-38)23-43-36(25-11-9-8-10-12-25,26-13-17-28(41-4)18-14-26)27-15-19-29(42-5)20-16-27/h8-22,24,30,32-34,40H,23H2,1-7H3/t30-,32-,33-,34-/m1/s1. The van der Waals surface area contributed by atoms with Crippen molar-refractivity contribution in [3.05, 3.63) is 124 Å². The van der Waals surface area contributed by atoms with Crippen molar-refractivity contribution in [2.75, 3.05) is 20.8 Å². The van der Waals surface area contributed by atoms with E-state index in [0.717, 1.165) is 28.2 Å². The van der Waals surface area contributed by atoms with Gasteiger partial charge < -0.3 is 33.0 Å². The Labute approximate surface area is 271 Å². The summed E-state index contributed by atoms with van der Waals surface area (Å²) in [6, 6.07) is 26.9. The molecule has 244 valence electrons. The number of benzene rings is 3. The van der Waals surface area contributed by atoms with Crippen LogP contribution in [0.2, 0.25) is 18.1 Å². The van der Waals surface area contributed by atoms with Crippen LogP contribution in [0.1, 0.15) is 43.7 Å². The summed E-state index contributed by atoms with van der Waals surface area (Å²) in [5.41, 5.74) is 1.19. The van der Waals surface area contributed by atoms with Crippen LogP contribution in [0.5, 0.6) is 11.5 Å². The Kier molecular flexibility index (Phi) is 9.85. The molecule has 1 aromatic heterocycles. The molecule has 3 aromatic carbocycles. The summed E-state index contributed by atoms with van der Waals surface area (Å²) in [4.78, 5) is 15.8. The van der Waals surface area contributed by atoms with Crippen molar-refractivity contribution in [3.8, 4) is 11.5 Å². The molecule has 0 saturated carbocycles. The molecule has 0 spiro atoms. The first kappa shape index (κ1) is 33.6. The Bertz CT molecular complexity index is 1570. The lowest BCUT2D eigenvalue weighted by molar-refractivity contribution is -0.0950. The number of aliphatic hydroxyl groups is 1. The molecule has 2 heterocycles. The van der Waals surface area contributed by atoms with Gasteiger partial charge in [-0.3, -0.25) is 4.79 Å². The van der Waals surface area contributed by atoms with Crippen LogP contribution in [0.25, 0.3) is 0 Å². The maximum atomic E-state index is 11.9. The van der Waals surface area contributed by atoms with Crippen molar-refractivity contribution in [1.29, 1.82) is 0 Å². The third-order valence-electron chi connectivity index (χ3n) is 9.19. The Morgan fingerprint density at radius 2 is 1.39 bits per heavy atom. The number of rotatable bonds is 11. The summed E-state index contributed by atoms with van der Waals surface area (Å²) < 4.78 is 33.0. The summed E-state index contributed by atoms with van der Waals surface area (Å²) in [6.45, 7) is 10.7. The zero-order valence-electron chi connectivity index (χ0n) is 27.5. The van der Waals surface area contributed by atoms with Gasteiger partial charge in [-0.2, -0.15) is 4.98 Å². The number of ether oxygens (including phenoxy) is 4. The first-order valence-corrected chi connectivity index (χ1v) is 18.3. The summed E-state index contributed by atoms with van der Waals surface area (Å²) in [5, 5.41) is 11.8. The van der Waals surface area contributed by atoms with Crippen LogP contribution in [-0.4, -0.2) is 62.1 Å². The topological polar surface area (TPSA) is 101 Å². The SMILES string of the molecule is COc1ccc(C(OC[C@H]2O[C@@H](n3ccc(=O)nc3)[C@H](O[Si](C)(C)C(C)(C)C)[C@@H]2O)(c2ccccc2)c2ccc(OC)cc2)cc1. The number of methoxy groups -OCH3 is 2. The van der Waals surface area contributed by atoms with Gasteiger partial charge in [-0.1, -0.05) is 75.4 Å². The summed E-state index contributed by atoms with van der Waals surface area (Å²) in [6.07, 6.45) is -0.196. The van der Waals surface area contributed by atoms with Crippen molar-refractivity contribution in [3.63, 3.8) is 0 Å². The van der Waals surface area contributed by atoms with Crippen molar-refractivity contribution < 1.29 is 28.5 Å². The molecule has 1 fully saturated rings. The van der Waals surface area contributed by atoms with E-state index in [4.69, 9.17) is 23.4 Å². The molecule has 0 aliphatic carbocycles. The van der Waals surface area contributed by atoms with E-state index in [2.05, 4.69) is 38.8 Å². The smallest absolute Gasteiger partial charge is 0.272 e. The molecule has 0 amide bonds. The monoisotopic (exact) mass is 644 g/mol. The average molecular weight is 645 g/mol. The molecule has 10 heteroatoms. The molecule has 0 radical (unpaired) electrons. The molecule has 1 N–H and O–H groups in total. The number of hydrogen-bond acceptors (Lipinski definition) is 8. The van der Waals surface area contributed by atoms with Gasteiger partial charge in [0, 0.05) is 12.3 Å². The molecule has 9 nitrogen and oxygen atoms in total. The minimum atomic E-state index is -2.36. The van der Waals surface area contributed by atoms with Crippen molar-refractivity contribution in [1.82, 2.24) is 9.55 Å². The summed E-state index contributed by atoms with van der Waals surface area (Å²) in [7, 11) is 0.905. The number of nitrogens with zero attached hydrogens (tertiary/aromatic N) is 2. The van der Waals surface area contributed by atoms with E-state index in [-0.39, 0.29) is 17.2 Å². The van der Waals surface area contributed by atoms with Gasteiger partial charge in [0.2, 0.25) is 0 Å². The Morgan fingerprint density at radius 3 is 1.87 bits per heavy atom. The molecule has 5 rings (SSSR count). The van der Waals surface area contributed by atoms with Gasteiger partial charge in [0.25, 0.3) is 5.56 Å². The maximum Gasteiger partial charge on any atom is 0.272 e. The molecule has 46 heavy (non-hydrogen) atoms. The van der Waals surface area contributed by atoms with Crippen LogP contribution < -0.4 is 15.0 Å². The van der Waals surface area contributed by atoms with E-state index in [9.17, 15) is 9.90 Å². The van der Waals surface area contributed by atoms with E-state index in [1.165, 1.54) is 12.4 Å². The number of hydrogen-bond donors (Lipinski definition) is 1. The highest BCUT2D eigenvalue weighted by Crippen LogP contribution is 2.45. The second kappa shape index (κ2) is 13.5. The average Bonchev–Trinajstić information content (AvgIpc) is 3.36. The molecular weight excluding hydrogens is 600 g/mol. The molecule has 0 unspecified atom stereocenters. The van der Waals surface area contributed by atoms with Crippen molar-refractivity contribution in [2.24, 2.45) is 0 Å². The maximum absolute atomic E-state index is 11.9. The lowest BCUT2D eigenvalue weighted by Crippen LogP contribution is -2.49. The molecule has 0 bridgehead atoms. The minimum absolute atomic E-state index is 0.0234. The molecule has 4 atom stereocenters. The molecule has 1 saturated heterocycles. The fourth-order valence-electron chi connectivity index (χ4n) is 5.53. The van der Waals surface area contributed by atoms with Gasteiger partial charge >= 0.3 is 0 Å². The lowest BCUT2D eigenvalue weighted by atomic mass is 9.80. The first-order valence-electron chi connectivity index (χ1n) is 15.4. The highest BCUT2D eigenvalue weighted by Gasteiger charge is 2.51. The zero-order valence-corrected chi connectivity index (χ0v) is 28.5. The van der Waals surface area contributed by atoms with E-state index in [1.807, 2.05) is 78.9 Å². The van der Waals surface area contributed by atoms with Crippen LogP contribution in [-0.2, 0) is 19.5 Å². The van der Waals surface area contributed by atoms with Crippen molar-refractivity contribution in [2.45, 2.75) is 69.0 Å². The third kappa shape index (κ3) is 6.67. The van der Waals surface area contributed by atoms with Gasteiger partial charge in [0.15, 0.2) is 14.5 Å². The minimum Gasteiger partial charge on any atom is -0.497 e. The van der Waals surface area contributed by atoms with Crippen LogP contribution in [0.3, 0.4) is 0 Å². The highest BCUT2D eigenvalue weighted by molar-refractivity contribution is 6.74. The quantitative estimate of drug-likeness (QED) is 0.159. The zero-order chi connectivity index (χ0) is 33.1. The second-order valence-corrected chi connectivity index (χ2v) is 17.8. The van der Waals surface area contributed by atoms with E-state index in [1.54, 1.807) is 25.0 Å². The van der Waals surface area contributed by atoms with Crippen LogP contribution in [0.15, 0.2) is 102 Å². The fourth-order valence-corrected chi connectivity index (χ4v) is 6.82. The van der Waals surface area contributed by atoms with E-state index < -0.39 is 38.5 Å². The second-order valence-electron chi connectivity index (χ2n) is 13.1. The highest BCUT2D eigenvalue weighted by atomic mass is 28.4. The predicted molar refractivity (Wildman–Crippen MR) is 179 cm³/mol. The van der Waals surface area contributed by atoms with E-state index in [0.29, 0.717) is 0 Å². The van der Waals surface area contributed by atoms with Gasteiger partial charge in [0.1, 0.15) is 41.7 Å². The van der Waals surface area contributed by atoms with Gasteiger partial charge in [-0.15, -0.1) is 0 Å². The van der Waals surface area contributed by atoms with E-state index >= 15 is 0 Å². The molecular formula is C36H44N2O7Si. The normalized spacial score (nSPS) is 20.4. The van der Waals surface area contributed by atoms with Crippen LogP contribution >= 0.6 is 0 Å². The Morgan fingerprint density at radius 1 is 0.848 bits per heavy atom. The Hall–Kier alpha value is -3.80. The van der Waals surface area contributed by atoms with Gasteiger partial charge in [-0.25, -0.2) is 0 Å². The Balaban J connectivity index is 1.57. The molecule has 1 aliphatic heterocycles. The van der Waals surface area contributed by atoms with Gasteiger partial charge in [0.05, 0.1) is 20.8 Å². The van der Waals surface area contributed by atoms with Gasteiger partial charge in [-0.05, 0) is 59.1 Å². The number of aromatic nitrogens is 2. The number of aliphatic hydroxyl groups excluding tert-OH is 1. The lowest BCUT2D eigenvalue weighted by Gasteiger charge is -2.40. The largest absolute Gasteiger partial charge is 0.497 e. The predicted octanol–water partition coefficient (Wildman–Crippen LogP) is 5.92. The van der Waals surface area contributed by atoms with Crippen molar-refractivity contribution >= 4 is 8.32 Å². The summed E-state index contributed by atoms with van der Waals surface area (Å²) in [5.74, 6) is 1.44. The molecule has 4 aromatic rings. The summed E-state index contributed by atoms with van der Waals surface area (Å²) >= 11 is 0. The van der Waals surface area contributed by atoms with Crippen LogP contribution in [0, 0.1) is 0 Å². The third-order valence-corrected chi connectivity index (χ3v) is 13.7.